The molecule has 0 aliphatic heterocycles. The van der Waals surface area contributed by atoms with Crippen molar-refractivity contribution < 1.29 is 28.2 Å². The maximum absolute atomic E-state index is 12.4. The first-order valence-corrected chi connectivity index (χ1v) is 4.15. The first-order chi connectivity index (χ1) is 7.51. The highest BCUT2D eigenvalue weighted by atomic mass is 19.3. The van der Waals surface area contributed by atoms with E-state index in [2.05, 4.69) is 9.72 Å². The molecule has 0 aliphatic carbocycles. The molecule has 0 radical (unpaired) electrons. The van der Waals surface area contributed by atoms with Crippen molar-refractivity contribution in [3.8, 4) is 11.5 Å². The Balaban J connectivity index is 3.34. The van der Waals surface area contributed by atoms with Gasteiger partial charge in [0.15, 0.2) is 11.4 Å². The Labute approximate surface area is 89.6 Å². The van der Waals surface area contributed by atoms with Crippen LogP contribution in [0.2, 0.25) is 0 Å². The topological polar surface area (TPSA) is 68.7 Å². The summed E-state index contributed by atoms with van der Waals surface area (Å²) in [6, 6.07) is 0.890. The Kier molecular flexibility index (Phi) is 3.60. The zero-order valence-corrected chi connectivity index (χ0v) is 8.53. The third-order valence-corrected chi connectivity index (χ3v) is 1.80. The van der Waals surface area contributed by atoms with E-state index in [4.69, 9.17) is 4.74 Å². The highest BCUT2D eigenvalue weighted by Crippen LogP contribution is 2.31. The molecule has 0 bridgehead atoms. The number of hydrogen-bond acceptors (Lipinski definition) is 5. The van der Waals surface area contributed by atoms with E-state index in [0.717, 1.165) is 13.2 Å². The second-order valence-electron chi connectivity index (χ2n) is 2.74. The van der Waals surface area contributed by atoms with Crippen LogP contribution in [0.3, 0.4) is 0 Å². The summed E-state index contributed by atoms with van der Waals surface area (Å²) < 4.78 is 33.9. The maximum atomic E-state index is 12.4. The van der Waals surface area contributed by atoms with E-state index in [-0.39, 0.29) is 5.75 Å². The van der Waals surface area contributed by atoms with Gasteiger partial charge in [0.25, 0.3) is 6.43 Å². The molecule has 0 atom stereocenters. The van der Waals surface area contributed by atoms with Crippen molar-refractivity contribution in [2.75, 3.05) is 14.2 Å². The number of ether oxygens (including phenoxy) is 2. The maximum Gasteiger partial charge on any atom is 0.360 e. The van der Waals surface area contributed by atoms with E-state index in [1.165, 1.54) is 7.11 Å². The van der Waals surface area contributed by atoms with Gasteiger partial charge in [-0.2, -0.15) is 0 Å². The molecule has 0 saturated carbocycles. The first-order valence-electron chi connectivity index (χ1n) is 4.15. The summed E-state index contributed by atoms with van der Waals surface area (Å²) in [5, 5.41) is 9.20. The number of alkyl halides is 2. The summed E-state index contributed by atoms with van der Waals surface area (Å²) in [5.41, 5.74) is -1.29. The Hall–Kier alpha value is -1.92. The molecule has 0 aromatic carbocycles. The number of carbonyl (C=O) groups excluding carboxylic acids is 1. The van der Waals surface area contributed by atoms with Gasteiger partial charge in [-0.1, -0.05) is 0 Å². The van der Waals surface area contributed by atoms with Gasteiger partial charge in [0.1, 0.15) is 11.4 Å². The molecule has 1 rings (SSSR count). The average Bonchev–Trinajstić information content (AvgIpc) is 2.27. The standard InChI is InChI=1S/C9H9F2NO4/c1-15-5-3-4(13)6(8(10)11)12-7(5)9(14)16-2/h3,8,13H,1-2H3. The van der Waals surface area contributed by atoms with Gasteiger partial charge < -0.3 is 14.6 Å². The molecule has 0 aliphatic rings. The highest BCUT2D eigenvalue weighted by Gasteiger charge is 2.23. The van der Waals surface area contributed by atoms with Crippen molar-refractivity contribution >= 4 is 5.97 Å². The van der Waals surface area contributed by atoms with E-state index in [1.807, 2.05) is 0 Å². The Morgan fingerprint density at radius 1 is 1.50 bits per heavy atom. The van der Waals surface area contributed by atoms with Crippen LogP contribution in [0.15, 0.2) is 6.07 Å². The second-order valence-corrected chi connectivity index (χ2v) is 2.74. The number of hydrogen-bond donors (Lipinski definition) is 1. The Morgan fingerprint density at radius 2 is 2.12 bits per heavy atom. The van der Waals surface area contributed by atoms with Gasteiger partial charge in [0.05, 0.1) is 14.2 Å². The van der Waals surface area contributed by atoms with Crippen LogP contribution < -0.4 is 4.74 Å². The lowest BCUT2D eigenvalue weighted by atomic mass is 10.2. The molecule has 88 valence electrons. The fourth-order valence-electron chi connectivity index (χ4n) is 1.06. The highest BCUT2D eigenvalue weighted by molar-refractivity contribution is 5.90. The lowest BCUT2D eigenvalue weighted by Crippen LogP contribution is -2.09. The van der Waals surface area contributed by atoms with Gasteiger partial charge in [0.2, 0.25) is 0 Å². The minimum Gasteiger partial charge on any atom is -0.506 e. The largest absolute Gasteiger partial charge is 0.506 e. The summed E-state index contributed by atoms with van der Waals surface area (Å²) in [5.74, 6) is -1.79. The van der Waals surface area contributed by atoms with Crippen LogP contribution in [0.4, 0.5) is 8.78 Å². The van der Waals surface area contributed by atoms with Crippen molar-refractivity contribution in [3.05, 3.63) is 17.5 Å². The van der Waals surface area contributed by atoms with E-state index in [0.29, 0.717) is 0 Å². The van der Waals surface area contributed by atoms with Crippen LogP contribution in [0.5, 0.6) is 11.5 Å². The number of esters is 1. The zero-order valence-electron chi connectivity index (χ0n) is 8.53. The fourth-order valence-corrected chi connectivity index (χ4v) is 1.06. The van der Waals surface area contributed by atoms with Crippen molar-refractivity contribution in [2.24, 2.45) is 0 Å². The van der Waals surface area contributed by atoms with E-state index >= 15 is 0 Å². The number of pyridine rings is 1. The van der Waals surface area contributed by atoms with Crippen molar-refractivity contribution in [1.29, 1.82) is 0 Å². The number of aromatic nitrogens is 1. The Bertz CT molecular complexity index is 409. The van der Waals surface area contributed by atoms with Crippen molar-refractivity contribution in [3.63, 3.8) is 0 Å². The van der Waals surface area contributed by atoms with Gasteiger partial charge in [0, 0.05) is 6.07 Å². The van der Waals surface area contributed by atoms with E-state index < -0.39 is 29.5 Å². The second kappa shape index (κ2) is 4.73. The molecule has 0 spiro atoms. The molecule has 0 fully saturated rings. The average molecular weight is 233 g/mol. The van der Waals surface area contributed by atoms with Gasteiger partial charge in [-0.3, -0.25) is 0 Å². The third kappa shape index (κ3) is 2.18. The predicted octanol–water partition coefficient (Wildman–Crippen LogP) is 1.52. The van der Waals surface area contributed by atoms with Gasteiger partial charge in [-0.15, -0.1) is 0 Å². The minimum atomic E-state index is -2.99. The third-order valence-electron chi connectivity index (χ3n) is 1.80. The van der Waals surface area contributed by atoms with E-state index in [1.54, 1.807) is 0 Å². The van der Waals surface area contributed by atoms with Gasteiger partial charge >= 0.3 is 5.97 Å². The van der Waals surface area contributed by atoms with Crippen LogP contribution in [0.25, 0.3) is 0 Å². The molecule has 7 heteroatoms. The first kappa shape index (κ1) is 12.2. The number of rotatable bonds is 3. The SMILES string of the molecule is COC(=O)c1nc(C(F)F)c(O)cc1OC. The summed E-state index contributed by atoms with van der Waals surface area (Å²) >= 11 is 0. The molecule has 5 nitrogen and oxygen atoms in total. The summed E-state index contributed by atoms with van der Waals surface area (Å²) in [6.45, 7) is 0. The van der Waals surface area contributed by atoms with Crippen LogP contribution in [0.1, 0.15) is 22.6 Å². The molecule has 1 N–H and O–H groups in total. The monoisotopic (exact) mass is 233 g/mol. The lowest BCUT2D eigenvalue weighted by molar-refractivity contribution is 0.0588. The van der Waals surface area contributed by atoms with Crippen LogP contribution in [0, 0.1) is 0 Å². The smallest absolute Gasteiger partial charge is 0.360 e. The normalized spacial score (nSPS) is 10.3. The van der Waals surface area contributed by atoms with Gasteiger partial charge in [-0.05, 0) is 0 Å². The van der Waals surface area contributed by atoms with Crippen molar-refractivity contribution in [2.45, 2.75) is 6.43 Å². The Morgan fingerprint density at radius 3 is 2.56 bits per heavy atom. The van der Waals surface area contributed by atoms with Crippen LogP contribution in [-0.4, -0.2) is 30.3 Å². The predicted molar refractivity (Wildman–Crippen MR) is 48.8 cm³/mol. The molecular weight excluding hydrogens is 224 g/mol. The number of aromatic hydroxyl groups is 1. The summed E-state index contributed by atoms with van der Waals surface area (Å²) in [7, 11) is 2.29. The molecular formula is C9H9F2NO4. The number of nitrogens with zero attached hydrogens (tertiary/aromatic N) is 1. The molecule has 0 amide bonds. The van der Waals surface area contributed by atoms with Gasteiger partial charge in [-0.25, -0.2) is 18.6 Å². The number of halogens is 2. The van der Waals surface area contributed by atoms with Crippen LogP contribution >= 0.6 is 0 Å². The molecule has 16 heavy (non-hydrogen) atoms. The quantitative estimate of drug-likeness (QED) is 0.801. The number of carbonyl (C=O) groups is 1. The van der Waals surface area contributed by atoms with Crippen LogP contribution in [-0.2, 0) is 4.74 Å². The molecule has 0 saturated heterocycles. The molecule has 1 aromatic heterocycles. The summed E-state index contributed by atoms with van der Waals surface area (Å²) in [4.78, 5) is 14.5. The zero-order chi connectivity index (χ0) is 12.3. The lowest BCUT2D eigenvalue weighted by Gasteiger charge is -2.09. The molecule has 1 heterocycles. The minimum absolute atomic E-state index is 0.131. The number of methoxy groups -OCH3 is 2. The molecule has 0 unspecified atom stereocenters. The van der Waals surface area contributed by atoms with Crippen molar-refractivity contribution in [1.82, 2.24) is 4.98 Å². The fraction of sp³-hybridized carbons (Fsp3) is 0.333. The summed E-state index contributed by atoms with van der Waals surface area (Å²) in [6.07, 6.45) is -2.99. The molecule has 1 aromatic rings. The van der Waals surface area contributed by atoms with E-state index in [9.17, 15) is 18.7 Å².